The molecule has 1 saturated heterocycles. The Morgan fingerprint density at radius 3 is 2.78 bits per heavy atom. The summed E-state index contributed by atoms with van der Waals surface area (Å²) < 4.78 is 0. The summed E-state index contributed by atoms with van der Waals surface area (Å²) in [5, 5.41) is 0. The predicted octanol–water partition coefficient (Wildman–Crippen LogP) is 2.09. The Hall–Kier alpha value is -1.36. The number of hydrogen-bond acceptors (Lipinski definition) is 5. The Morgan fingerprint density at radius 2 is 2.17 bits per heavy atom. The molecule has 1 fully saturated rings. The van der Waals surface area contributed by atoms with E-state index in [1.807, 2.05) is 13.1 Å². The van der Waals surface area contributed by atoms with E-state index in [9.17, 15) is 0 Å². The molecule has 0 radical (unpaired) electrons. The molecular formula is C13H23N5. The number of nitrogens with zero attached hydrogens (tertiary/aromatic N) is 3. The minimum Gasteiger partial charge on any atom is -0.356 e. The fourth-order valence-corrected chi connectivity index (χ4v) is 2.66. The largest absolute Gasteiger partial charge is 0.356 e. The first-order valence-corrected chi connectivity index (χ1v) is 6.79. The van der Waals surface area contributed by atoms with E-state index in [2.05, 4.69) is 27.2 Å². The summed E-state index contributed by atoms with van der Waals surface area (Å²) in [6.45, 7) is 6.49. The fraction of sp³-hybridized carbons (Fsp3) is 0.692. The van der Waals surface area contributed by atoms with Crippen LogP contribution in [-0.2, 0) is 0 Å². The summed E-state index contributed by atoms with van der Waals surface area (Å²) in [4.78, 5) is 10.9. The normalized spacial score (nSPS) is 16.9. The highest BCUT2D eigenvalue weighted by Gasteiger charge is 2.21. The Labute approximate surface area is 109 Å². The van der Waals surface area contributed by atoms with Crippen molar-refractivity contribution in [2.45, 2.75) is 39.5 Å². The van der Waals surface area contributed by atoms with Gasteiger partial charge in [0, 0.05) is 24.8 Å². The Morgan fingerprint density at radius 1 is 1.44 bits per heavy atom. The van der Waals surface area contributed by atoms with E-state index < -0.39 is 0 Å². The Bertz CT molecular complexity index is 385. The number of aromatic nitrogens is 2. The van der Waals surface area contributed by atoms with Gasteiger partial charge in [-0.2, -0.15) is 4.98 Å². The second kappa shape index (κ2) is 6.00. The van der Waals surface area contributed by atoms with Gasteiger partial charge in [-0.3, -0.25) is 5.43 Å². The maximum Gasteiger partial charge on any atom is 0.239 e. The van der Waals surface area contributed by atoms with Gasteiger partial charge < -0.3 is 4.90 Å². The molecule has 5 heteroatoms. The monoisotopic (exact) mass is 249 g/mol. The molecule has 0 unspecified atom stereocenters. The lowest BCUT2D eigenvalue weighted by Gasteiger charge is -2.33. The molecule has 0 aromatic carbocycles. The molecule has 0 saturated carbocycles. The standard InChI is InChI=1S/C13H23N5/c1-3-4-11-5-7-18(8-6-11)12-10(2)9-15-13(16-12)17-14/h9,11H,3-8,14H2,1-2H3,(H,15,16,17). The van der Waals surface area contributed by atoms with Gasteiger partial charge in [-0.15, -0.1) is 0 Å². The van der Waals surface area contributed by atoms with Crippen molar-refractivity contribution < 1.29 is 0 Å². The predicted molar refractivity (Wildman–Crippen MR) is 74.4 cm³/mol. The van der Waals surface area contributed by atoms with E-state index in [0.717, 1.165) is 30.4 Å². The summed E-state index contributed by atoms with van der Waals surface area (Å²) in [6, 6.07) is 0. The van der Waals surface area contributed by atoms with Gasteiger partial charge in [0.2, 0.25) is 5.95 Å². The van der Waals surface area contributed by atoms with Crippen LogP contribution in [0, 0.1) is 12.8 Å². The number of hydrazine groups is 1. The van der Waals surface area contributed by atoms with E-state index in [1.54, 1.807) is 0 Å². The zero-order chi connectivity index (χ0) is 13.0. The quantitative estimate of drug-likeness (QED) is 0.632. The Balaban J connectivity index is 2.04. The average Bonchev–Trinajstić information content (AvgIpc) is 2.41. The lowest BCUT2D eigenvalue weighted by Crippen LogP contribution is -2.35. The molecule has 0 bridgehead atoms. The molecule has 5 nitrogen and oxygen atoms in total. The number of anilines is 2. The van der Waals surface area contributed by atoms with Gasteiger partial charge >= 0.3 is 0 Å². The van der Waals surface area contributed by atoms with Crippen LogP contribution in [0.25, 0.3) is 0 Å². The summed E-state index contributed by atoms with van der Waals surface area (Å²) in [6.07, 6.45) is 7.01. The van der Waals surface area contributed by atoms with Gasteiger partial charge in [0.1, 0.15) is 5.82 Å². The molecule has 1 aliphatic rings. The second-order valence-electron chi connectivity index (χ2n) is 5.06. The van der Waals surface area contributed by atoms with Crippen molar-refractivity contribution in [2.24, 2.45) is 11.8 Å². The minimum atomic E-state index is 0.492. The molecule has 2 heterocycles. The van der Waals surface area contributed by atoms with Crippen LogP contribution >= 0.6 is 0 Å². The summed E-state index contributed by atoms with van der Waals surface area (Å²) in [7, 11) is 0. The van der Waals surface area contributed by atoms with Gasteiger partial charge in [0.25, 0.3) is 0 Å². The van der Waals surface area contributed by atoms with Crippen LogP contribution in [0.5, 0.6) is 0 Å². The number of rotatable bonds is 4. The number of nitrogen functional groups attached to an aromatic ring is 1. The first-order chi connectivity index (χ1) is 8.74. The maximum atomic E-state index is 5.37. The topological polar surface area (TPSA) is 67.1 Å². The molecule has 1 aromatic rings. The zero-order valence-corrected chi connectivity index (χ0v) is 11.3. The van der Waals surface area contributed by atoms with Crippen molar-refractivity contribution in [3.05, 3.63) is 11.8 Å². The van der Waals surface area contributed by atoms with Gasteiger partial charge in [-0.05, 0) is 25.7 Å². The van der Waals surface area contributed by atoms with Crippen molar-refractivity contribution in [1.29, 1.82) is 0 Å². The van der Waals surface area contributed by atoms with Crippen molar-refractivity contribution in [1.82, 2.24) is 9.97 Å². The maximum absolute atomic E-state index is 5.37. The highest BCUT2D eigenvalue weighted by Crippen LogP contribution is 2.26. The number of aryl methyl sites for hydroxylation is 1. The molecule has 100 valence electrons. The van der Waals surface area contributed by atoms with Crippen molar-refractivity contribution >= 4 is 11.8 Å². The van der Waals surface area contributed by atoms with Gasteiger partial charge in [-0.25, -0.2) is 10.8 Å². The molecule has 1 aromatic heterocycles. The first-order valence-electron chi connectivity index (χ1n) is 6.79. The molecule has 0 amide bonds. The molecule has 0 aliphatic carbocycles. The minimum absolute atomic E-state index is 0.492. The number of hydrogen-bond donors (Lipinski definition) is 2. The van der Waals surface area contributed by atoms with Crippen LogP contribution in [0.3, 0.4) is 0 Å². The van der Waals surface area contributed by atoms with Crippen LogP contribution in [0.4, 0.5) is 11.8 Å². The smallest absolute Gasteiger partial charge is 0.239 e. The average molecular weight is 249 g/mol. The molecule has 3 N–H and O–H groups in total. The van der Waals surface area contributed by atoms with Gasteiger partial charge in [-0.1, -0.05) is 19.8 Å². The van der Waals surface area contributed by atoms with Crippen molar-refractivity contribution in [3.8, 4) is 0 Å². The third-order valence-electron chi connectivity index (χ3n) is 3.69. The van der Waals surface area contributed by atoms with E-state index in [0.29, 0.717) is 5.95 Å². The van der Waals surface area contributed by atoms with Crippen LogP contribution in [0.1, 0.15) is 38.2 Å². The van der Waals surface area contributed by atoms with Crippen LogP contribution in [0.15, 0.2) is 6.20 Å². The van der Waals surface area contributed by atoms with Crippen molar-refractivity contribution in [2.75, 3.05) is 23.4 Å². The number of nitrogens with one attached hydrogen (secondary N) is 1. The summed E-state index contributed by atoms with van der Waals surface area (Å²) in [5.41, 5.74) is 3.63. The van der Waals surface area contributed by atoms with E-state index in [4.69, 9.17) is 5.84 Å². The van der Waals surface area contributed by atoms with Crippen LogP contribution in [-0.4, -0.2) is 23.1 Å². The third kappa shape index (κ3) is 2.90. The highest BCUT2D eigenvalue weighted by atomic mass is 15.3. The molecule has 2 rings (SSSR count). The Kier molecular flexibility index (Phi) is 4.36. The first kappa shape index (κ1) is 13.1. The lowest BCUT2D eigenvalue weighted by atomic mass is 9.92. The second-order valence-corrected chi connectivity index (χ2v) is 5.06. The lowest BCUT2D eigenvalue weighted by molar-refractivity contribution is 0.377. The summed E-state index contributed by atoms with van der Waals surface area (Å²) in [5.74, 6) is 7.77. The zero-order valence-electron chi connectivity index (χ0n) is 11.3. The van der Waals surface area contributed by atoms with Gasteiger partial charge in [0.05, 0.1) is 0 Å². The number of piperidine rings is 1. The third-order valence-corrected chi connectivity index (χ3v) is 3.69. The highest BCUT2D eigenvalue weighted by molar-refractivity contribution is 5.48. The molecular weight excluding hydrogens is 226 g/mol. The van der Waals surface area contributed by atoms with Crippen molar-refractivity contribution in [3.63, 3.8) is 0 Å². The van der Waals surface area contributed by atoms with Gasteiger partial charge in [0.15, 0.2) is 0 Å². The van der Waals surface area contributed by atoms with E-state index >= 15 is 0 Å². The number of nitrogens with two attached hydrogens (primary N) is 1. The van der Waals surface area contributed by atoms with Crippen LogP contribution < -0.4 is 16.2 Å². The molecule has 0 spiro atoms. The van der Waals surface area contributed by atoms with E-state index in [1.165, 1.54) is 25.7 Å². The fourth-order valence-electron chi connectivity index (χ4n) is 2.66. The molecule has 1 aliphatic heterocycles. The van der Waals surface area contributed by atoms with E-state index in [-0.39, 0.29) is 0 Å². The summed E-state index contributed by atoms with van der Waals surface area (Å²) >= 11 is 0. The molecule has 0 atom stereocenters. The SMILES string of the molecule is CCCC1CCN(c2nc(NN)ncc2C)CC1. The molecule has 18 heavy (non-hydrogen) atoms. The van der Waals surface area contributed by atoms with Crippen LogP contribution in [0.2, 0.25) is 0 Å².